The van der Waals surface area contributed by atoms with E-state index in [1.54, 1.807) is 0 Å². The van der Waals surface area contributed by atoms with Crippen LogP contribution in [0, 0.1) is 13.8 Å². The molecular weight excluding hydrogens is 244 g/mol. The Hall–Kier alpha value is -1.96. The Balaban J connectivity index is 1.80. The first-order chi connectivity index (χ1) is 9.63. The van der Waals surface area contributed by atoms with E-state index in [0.717, 1.165) is 19.5 Å². The van der Waals surface area contributed by atoms with Gasteiger partial charge < -0.3 is 10.2 Å². The Labute approximate surface area is 121 Å². The van der Waals surface area contributed by atoms with E-state index in [0.29, 0.717) is 0 Å². The second-order valence-electron chi connectivity index (χ2n) is 5.81. The third kappa shape index (κ3) is 2.51. The molecule has 0 aromatic heterocycles. The molecule has 0 saturated carbocycles. The number of benzene rings is 2. The minimum Gasteiger partial charge on any atom is -0.384 e. The van der Waals surface area contributed by atoms with Gasteiger partial charge in [0.1, 0.15) is 0 Å². The number of anilines is 2. The Morgan fingerprint density at radius 1 is 1.10 bits per heavy atom. The number of fused-ring (bicyclic) bond motifs is 1. The summed E-state index contributed by atoms with van der Waals surface area (Å²) in [5.74, 6) is 0. The summed E-state index contributed by atoms with van der Waals surface area (Å²) in [6.45, 7) is 6.36. The van der Waals surface area contributed by atoms with Crippen molar-refractivity contribution in [3.05, 3.63) is 58.7 Å². The molecule has 2 aromatic rings. The van der Waals surface area contributed by atoms with Crippen LogP contribution < -0.4 is 10.2 Å². The quantitative estimate of drug-likeness (QED) is 0.906. The summed E-state index contributed by atoms with van der Waals surface area (Å²) in [7, 11) is 2.17. The Kier molecular flexibility index (Phi) is 3.39. The van der Waals surface area contributed by atoms with Crippen molar-refractivity contribution < 1.29 is 0 Å². The van der Waals surface area contributed by atoms with E-state index in [2.05, 4.69) is 67.5 Å². The maximum absolute atomic E-state index is 3.41. The zero-order chi connectivity index (χ0) is 14.1. The van der Waals surface area contributed by atoms with Gasteiger partial charge in [-0.1, -0.05) is 29.8 Å². The van der Waals surface area contributed by atoms with Crippen molar-refractivity contribution in [3.8, 4) is 0 Å². The van der Waals surface area contributed by atoms with Gasteiger partial charge in [-0.25, -0.2) is 0 Å². The summed E-state index contributed by atoms with van der Waals surface area (Å²) in [5.41, 5.74) is 8.13. The Morgan fingerprint density at radius 2 is 1.95 bits per heavy atom. The fraction of sp³-hybridized carbons (Fsp3) is 0.333. The molecule has 0 unspecified atom stereocenters. The summed E-state index contributed by atoms with van der Waals surface area (Å²) < 4.78 is 0. The van der Waals surface area contributed by atoms with Gasteiger partial charge >= 0.3 is 0 Å². The topological polar surface area (TPSA) is 15.3 Å². The molecule has 1 N–H and O–H groups in total. The van der Waals surface area contributed by atoms with Gasteiger partial charge in [0.05, 0.1) is 0 Å². The molecule has 2 aromatic carbocycles. The van der Waals surface area contributed by atoms with Gasteiger partial charge in [-0.3, -0.25) is 0 Å². The van der Waals surface area contributed by atoms with Crippen molar-refractivity contribution in [1.82, 2.24) is 0 Å². The molecular formula is C18H22N2. The van der Waals surface area contributed by atoms with Crippen LogP contribution in [0.15, 0.2) is 36.4 Å². The van der Waals surface area contributed by atoms with Gasteiger partial charge in [0.15, 0.2) is 0 Å². The average molecular weight is 266 g/mol. The lowest BCUT2D eigenvalue weighted by Gasteiger charge is -2.22. The van der Waals surface area contributed by atoms with Crippen LogP contribution in [-0.2, 0) is 13.0 Å². The molecule has 104 valence electrons. The highest BCUT2D eigenvalue weighted by atomic mass is 15.1. The fourth-order valence-electron chi connectivity index (χ4n) is 3.05. The van der Waals surface area contributed by atoms with E-state index in [1.165, 1.54) is 33.6 Å². The number of aryl methyl sites for hydroxylation is 2. The van der Waals surface area contributed by atoms with Gasteiger partial charge in [0, 0.05) is 31.5 Å². The molecule has 0 bridgehead atoms. The van der Waals surface area contributed by atoms with Gasteiger partial charge in [-0.05, 0) is 49.1 Å². The Morgan fingerprint density at radius 3 is 2.75 bits per heavy atom. The van der Waals surface area contributed by atoms with Crippen LogP contribution in [0.1, 0.15) is 22.3 Å². The van der Waals surface area contributed by atoms with Crippen LogP contribution in [0.4, 0.5) is 11.4 Å². The minimum absolute atomic E-state index is 0.956. The standard InChI is InChI=1S/C18H22N2/c1-13-4-7-18(14(2)10-13)20(3)12-15-5-6-17-16(11-15)8-9-19-17/h4-7,10-11,19H,8-9,12H2,1-3H3. The average Bonchev–Trinajstić information content (AvgIpc) is 2.85. The van der Waals surface area contributed by atoms with Crippen LogP contribution in [0.5, 0.6) is 0 Å². The maximum Gasteiger partial charge on any atom is 0.0426 e. The van der Waals surface area contributed by atoms with E-state index in [4.69, 9.17) is 0 Å². The predicted molar refractivity (Wildman–Crippen MR) is 86.7 cm³/mol. The van der Waals surface area contributed by atoms with Crippen molar-refractivity contribution in [3.63, 3.8) is 0 Å². The van der Waals surface area contributed by atoms with E-state index in [1.807, 2.05) is 0 Å². The predicted octanol–water partition coefficient (Wildman–Crippen LogP) is 3.91. The molecule has 0 spiro atoms. The highest BCUT2D eigenvalue weighted by molar-refractivity contribution is 5.58. The molecule has 1 aliphatic rings. The lowest BCUT2D eigenvalue weighted by Crippen LogP contribution is -2.17. The normalized spacial score (nSPS) is 12.9. The van der Waals surface area contributed by atoms with Crippen molar-refractivity contribution >= 4 is 11.4 Å². The summed E-state index contributed by atoms with van der Waals surface area (Å²) in [4.78, 5) is 2.33. The largest absolute Gasteiger partial charge is 0.384 e. The second kappa shape index (κ2) is 5.20. The fourth-order valence-corrected chi connectivity index (χ4v) is 3.05. The molecule has 0 aliphatic carbocycles. The molecule has 0 atom stereocenters. The first-order valence-electron chi connectivity index (χ1n) is 7.27. The smallest absolute Gasteiger partial charge is 0.0426 e. The number of hydrogen-bond acceptors (Lipinski definition) is 2. The lowest BCUT2D eigenvalue weighted by molar-refractivity contribution is 0.914. The van der Waals surface area contributed by atoms with Gasteiger partial charge in [-0.15, -0.1) is 0 Å². The zero-order valence-corrected chi connectivity index (χ0v) is 12.5. The molecule has 0 fully saturated rings. The SMILES string of the molecule is Cc1ccc(N(C)Cc2ccc3c(c2)CCN3)c(C)c1. The monoisotopic (exact) mass is 266 g/mol. The number of hydrogen-bond donors (Lipinski definition) is 1. The summed E-state index contributed by atoms with van der Waals surface area (Å²) in [5, 5.41) is 3.41. The molecule has 3 rings (SSSR count). The third-order valence-corrected chi connectivity index (χ3v) is 4.06. The minimum atomic E-state index is 0.956. The highest BCUT2D eigenvalue weighted by Crippen LogP contribution is 2.25. The lowest BCUT2D eigenvalue weighted by atomic mass is 10.1. The molecule has 1 heterocycles. The molecule has 0 amide bonds. The van der Waals surface area contributed by atoms with Crippen molar-refractivity contribution in [2.24, 2.45) is 0 Å². The molecule has 1 aliphatic heterocycles. The van der Waals surface area contributed by atoms with Crippen LogP contribution in [0.3, 0.4) is 0 Å². The number of nitrogens with one attached hydrogen (secondary N) is 1. The Bertz CT molecular complexity index is 631. The molecule has 2 heteroatoms. The molecule has 2 nitrogen and oxygen atoms in total. The molecule has 0 saturated heterocycles. The summed E-state index contributed by atoms with van der Waals surface area (Å²) >= 11 is 0. The number of nitrogens with zero attached hydrogens (tertiary/aromatic N) is 1. The van der Waals surface area contributed by atoms with Gasteiger partial charge in [0.25, 0.3) is 0 Å². The zero-order valence-electron chi connectivity index (χ0n) is 12.5. The van der Waals surface area contributed by atoms with E-state index in [9.17, 15) is 0 Å². The van der Waals surface area contributed by atoms with E-state index >= 15 is 0 Å². The van der Waals surface area contributed by atoms with E-state index in [-0.39, 0.29) is 0 Å². The van der Waals surface area contributed by atoms with Crippen molar-refractivity contribution in [1.29, 1.82) is 0 Å². The van der Waals surface area contributed by atoms with Gasteiger partial charge in [0.2, 0.25) is 0 Å². The summed E-state index contributed by atoms with van der Waals surface area (Å²) in [6, 6.07) is 13.4. The molecule has 0 radical (unpaired) electrons. The van der Waals surface area contributed by atoms with Crippen molar-refractivity contribution in [2.75, 3.05) is 23.8 Å². The van der Waals surface area contributed by atoms with Crippen LogP contribution in [0.2, 0.25) is 0 Å². The number of rotatable bonds is 3. The van der Waals surface area contributed by atoms with Crippen LogP contribution >= 0.6 is 0 Å². The first-order valence-corrected chi connectivity index (χ1v) is 7.27. The van der Waals surface area contributed by atoms with Crippen LogP contribution in [0.25, 0.3) is 0 Å². The van der Waals surface area contributed by atoms with E-state index < -0.39 is 0 Å². The van der Waals surface area contributed by atoms with Crippen LogP contribution in [-0.4, -0.2) is 13.6 Å². The highest BCUT2D eigenvalue weighted by Gasteiger charge is 2.11. The first kappa shape index (κ1) is 13.0. The third-order valence-electron chi connectivity index (χ3n) is 4.06. The van der Waals surface area contributed by atoms with Gasteiger partial charge in [-0.2, -0.15) is 0 Å². The molecule has 20 heavy (non-hydrogen) atoms. The maximum atomic E-state index is 3.41. The summed E-state index contributed by atoms with van der Waals surface area (Å²) in [6.07, 6.45) is 1.15. The van der Waals surface area contributed by atoms with Crippen molar-refractivity contribution in [2.45, 2.75) is 26.8 Å². The second-order valence-corrected chi connectivity index (χ2v) is 5.81.